The van der Waals surface area contributed by atoms with Crippen molar-refractivity contribution in [1.29, 1.82) is 0 Å². The fraction of sp³-hybridized carbons (Fsp3) is 0.538. The summed E-state index contributed by atoms with van der Waals surface area (Å²) in [6.45, 7) is 3.23. The van der Waals surface area contributed by atoms with Crippen molar-refractivity contribution in [2.45, 2.75) is 30.8 Å². The summed E-state index contributed by atoms with van der Waals surface area (Å²) in [6, 6.07) is 6.63. The number of benzene rings is 1. The molecular weight excluding hydrogens is 330 g/mol. The lowest BCUT2D eigenvalue weighted by Gasteiger charge is -2.17. The molecule has 1 heterocycles. The number of rotatable bonds is 5. The first-order valence-electron chi connectivity index (χ1n) is 6.40. The molecule has 1 aliphatic rings. The smallest absolute Gasteiger partial charge is 0.240 e. The zero-order valence-corrected chi connectivity index (χ0v) is 13.2. The number of halogens is 1. The van der Waals surface area contributed by atoms with Crippen LogP contribution in [0.4, 0.5) is 0 Å². The maximum atomic E-state index is 12.1. The third kappa shape index (κ3) is 3.78. The minimum absolute atomic E-state index is 0.174. The second-order valence-electron chi connectivity index (χ2n) is 4.67. The zero-order valence-electron chi connectivity index (χ0n) is 10.8. The molecule has 1 N–H and O–H groups in total. The van der Waals surface area contributed by atoms with Crippen LogP contribution in [0.1, 0.15) is 19.8 Å². The molecule has 2 atom stereocenters. The molecule has 1 fully saturated rings. The highest BCUT2D eigenvalue weighted by molar-refractivity contribution is 9.10. The van der Waals surface area contributed by atoms with E-state index in [0.29, 0.717) is 11.4 Å². The summed E-state index contributed by atoms with van der Waals surface area (Å²) in [6.07, 6.45) is 2.01. The van der Waals surface area contributed by atoms with E-state index in [1.165, 1.54) is 0 Å². The molecule has 6 heteroatoms. The van der Waals surface area contributed by atoms with Crippen LogP contribution in [0, 0.1) is 5.92 Å². The van der Waals surface area contributed by atoms with Crippen LogP contribution in [0.5, 0.6) is 0 Å². The van der Waals surface area contributed by atoms with Crippen LogP contribution in [-0.2, 0) is 14.8 Å². The van der Waals surface area contributed by atoms with E-state index in [-0.39, 0.29) is 12.0 Å². The summed E-state index contributed by atoms with van der Waals surface area (Å²) >= 11 is 3.29. The van der Waals surface area contributed by atoms with Crippen molar-refractivity contribution in [3.8, 4) is 0 Å². The molecule has 2 unspecified atom stereocenters. The lowest BCUT2D eigenvalue weighted by Crippen LogP contribution is -2.32. The molecule has 1 aliphatic heterocycles. The molecular formula is C13H18BrNO3S. The lowest BCUT2D eigenvalue weighted by atomic mass is 10.0. The molecule has 0 saturated carbocycles. The quantitative estimate of drug-likeness (QED) is 0.890. The van der Waals surface area contributed by atoms with E-state index in [0.717, 1.165) is 23.9 Å². The number of ether oxygens (including phenoxy) is 1. The summed E-state index contributed by atoms with van der Waals surface area (Å²) in [4.78, 5) is 0.294. The van der Waals surface area contributed by atoms with Crippen LogP contribution in [0.15, 0.2) is 33.6 Å². The normalized spacial score (nSPS) is 23.7. The lowest BCUT2D eigenvalue weighted by molar-refractivity contribution is 0.0884. The Morgan fingerprint density at radius 1 is 1.37 bits per heavy atom. The first-order valence-corrected chi connectivity index (χ1v) is 8.67. The molecule has 19 heavy (non-hydrogen) atoms. The highest BCUT2D eigenvalue weighted by Crippen LogP contribution is 2.23. The van der Waals surface area contributed by atoms with Gasteiger partial charge in [0.25, 0.3) is 0 Å². The summed E-state index contributed by atoms with van der Waals surface area (Å²) in [7, 11) is -3.42. The second kappa shape index (κ2) is 6.35. The fourth-order valence-corrected chi connectivity index (χ4v) is 3.65. The Hall–Kier alpha value is -0.430. The number of hydrogen-bond acceptors (Lipinski definition) is 3. The first kappa shape index (κ1) is 15.0. The number of nitrogens with one attached hydrogen (secondary N) is 1. The highest BCUT2D eigenvalue weighted by Gasteiger charge is 2.28. The van der Waals surface area contributed by atoms with Crippen molar-refractivity contribution in [3.05, 3.63) is 28.7 Å². The van der Waals surface area contributed by atoms with Crippen LogP contribution in [0.2, 0.25) is 0 Å². The highest BCUT2D eigenvalue weighted by atomic mass is 79.9. The monoisotopic (exact) mass is 347 g/mol. The molecule has 0 aromatic heterocycles. The van der Waals surface area contributed by atoms with Gasteiger partial charge in [-0.15, -0.1) is 0 Å². The minimum atomic E-state index is -3.42. The molecule has 0 aliphatic carbocycles. The molecule has 0 radical (unpaired) electrons. The van der Waals surface area contributed by atoms with E-state index in [1.54, 1.807) is 24.3 Å². The first-order chi connectivity index (χ1) is 9.03. The zero-order chi connectivity index (χ0) is 13.9. The Balaban J connectivity index is 2.00. The molecule has 1 aromatic rings. The molecule has 0 spiro atoms. The summed E-state index contributed by atoms with van der Waals surface area (Å²) in [5.74, 6) is 0.273. The van der Waals surface area contributed by atoms with Gasteiger partial charge in [-0.05, 0) is 37.1 Å². The fourth-order valence-electron chi connectivity index (χ4n) is 2.29. The topological polar surface area (TPSA) is 55.4 Å². The van der Waals surface area contributed by atoms with E-state index in [9.17, 15) is 8.42 Å². The van der Waals surface area contributed by atoms with Crippen LogP contribution in [0.25, 0.3) is 0 Å². The maximum Gasteiger partial charge on any atom is 0.240 e. The van der Waals surface area contributed by atoms with Crippen molar-refractivity contribution in [3.63, 3.8) is 0 Å². The third-order valence-corrected chi connectivity index (χ3v) is 5.38. The average Bonchev–Trinajstić information content (AvgIpc) is 2.84. The molecule has 106 valence electrons. The van der Waals surface area contributed by atoms with E-state index in [1.807, 2.05) is 0 Å². The summed E-state index contributed by atoms with van der Waals surface area (Å²) in [5.41, 5.74) is 0. The Kier molecular flexibility index (Phi) is 5.00. The van der Waals surface area contributed by atoms with Gasteiger partial charge in [0.2, 0.25) is 10.0 Å². The van der Waals surface area contributed by atoms with Gasteiger partial charge >= 0.3 is 0 Å². The minimum Gasteiger partial charge on any atom is -0.378 e. The van der Waals surface area contributed by atoms with E-state index >= 15 is 0 Å². The van der Waals surface area contributed by atoms with Gasteiger partial charge in [-0.1, -0.05) is 22.9 Å². The Labute approximate surface area is 122 Å². The van der Waals surface area contributed by atoms with Crippen molar-refractivity contribution in [2.75, 3.05) is 13.2 Å². The van der Waals surface area contributed by atoms with Crippen LogP contribution >= 0.6 is 15.9 Å². The van der Waals surface area contributed by atoms with Crippen LogP contribution in [0.3, 0.4) is 0 Å². The van der Waals surface area contributed by atoms with Gasteiger partial charge in [0, 0.05) is 23.5 Å². The third-order valence-electron chi connectivity index (χ3n) is 3.41. The van der Waals surface area contributed by atoms with Gasteiger partial charge in [-0.3, -0.25) is 0 Å². The predicted octanol–water partition coefficient (Wildman–Crippen LogP) is 2.54. The van der Waals surface area contributed by atoms with Crippen LogP contribution < -0.4 is 4.72 Å². The van der Waals surface area contributed by atoms with Gasteiger partial charge in [-0.2, -0.15) is 0 Å². The SMILES string of the molecule is CCC1OCCC1CNS(=O)(=O)c1ccc(Br)cc1. The predicted molar refractivity (Wildman–Crippen MR) is 77.5 cm³/mol. The van der Waals surface area contributed by atoms with Gasteiger partial charge in [0.05, 0.1) is 11.0 Å². The van der Waals surface area contributed by atoms with Crippen molar-refractivity contribution >= 4 is 26.0 Å². The molecule has 2 rings (SSSR count). The van der Waals surface area contributed by atoms with Gasteiger partial charge < -0.3 is 4.74 Å². The van der Waals surface area contributed by atoms with Crippen molar-refractivity contribution < 1.29 is 13.2 Å². The number of sulfonamides is 1. The second-order valence-corrected chi connectivity index (χ2v) is 7.35. The van der Waals surface area contributed by atoms with Crippen molar-refractivity contribution in [2.24, 2.45) is 5.92 Å². The number of hydrogen-bond donors (Lipinski definition) is 1. The average molecular weight is 348 g/mol. The molecule has 4 nitrogen and oxygen atoms in total. The van der Waals surface area contributed by atoms with E-state index in [2.05, 4.69) is 27.6 Å². The van der Waals surface area contributed by atoms with E-state index < -0.39 is 10.0 Å². The molecule has 1 saturated heterocycles. The Morgan fingerprint density at radius 3 is 2.68 bits per heavy atom. The van der Waals surface area contributed by atoms with Crippen molar-refractivity contribution in [1.82, 2.24) is 4.72 Å². The largest absolute Gasteiger partial charge is 0.378 e. The standard InChI is InChI=1S/C13H18BrNO3S/c1-2-13-10(7-8-18-13)9-15-19(16,17)12-5-3-11(14)4-6-12/h3-6,10,13,15H,2,7-9H2,1H3. The Bertz CT molecular complexity index is 515. The molecule has 1 aromatic carbocycles. The van der Waals surface area contributed by atoms with Crippen LogP contribution in [-0.4, -0.2) is 27.7 Å². The molecule has 0 amide bonds. The van der Waals surface area contributed by atoms with Gasteiger partial charge in [0.15, 0.2) is 0 Å². The summed E-state index contributed by atoms with van der Waals surface area (Å²) in [5, 5.41) is 0. The summed E-state index contributed by atoms with van der Waals surface area (Å²) < 4.78 is 33.4. The van der Waals surface area contributed by atoms with Gasteiger partial charge in [-0.25, -0.2) is 13.1 Å². The van der Waals surface area contributed by atoms with Gasteiger partial charge in [0.1, 0.15) is 0 Å². The maximum absolute atomic E-state index is 12.1. The van der Waals surface area contributed by atoms with E-state index in [4.69, 9.17) is 4.74 Å². The molecule has 0 bridgehead atoms. The Morgan fingerprint density at radius 2 is 2.05 bits per heavy atom.